The summed E-state index contributed by atoms with van der Waals surface area (Å²) in [4.78, 5) is 0. The zero-order valence-corrected chi connectivity index (χ0v) is 10.4. The Morgan fingerprint density at radius 2 is 1.83 bits per heavy atom. The highest BCUT2D eigenvalue weighted by atomic mass is 19.1. The van der Waals surface area contributed by atoms with Gasteiger partial charge in [-0.3, -0.25) is 0 Å². The van der Waals surface area contributed by atoms with Gasteiger partial charge in [-0.1, -0.05) is 36.4 Å². The smallest absolute Gasteiger partial charge is 0.123 e. The van der Waals surface area contributed by atoms with Crippen molar-refractivity contribution in [1.29, 1.82) is 0 Å². The lowest BCUT2D eigenvalue weighted by molar-refractivity contribution is 0.438. The van der Waals surface area contributed by atoms with Gasteiger partial charge in [-0.15, -0.1) is 0 Å². The number of benzene rings is 2. The first-order chi connectivity index (χ1) is 8.79. The van der Waals surface area contributed by atoms with Gasteiger partial charge < -0.3 is 5.32 Å². The van der Waals surface area contributed by atoms with Crippen molar-refractivity contribution in [2.45, 2.75) is 18.4 Å². The number of hydrogen-bond acceptors (Lipinski definition) is 1. The Morgan fingerprint density at radius 3 is 2.50 bits per heavy atom. The lowest BCUT2D eigenvalue weighted by Gasteiger charge is -2.36. The predicted molar refractivity (Wildman–Crippen MR) is 71.1 cm³/mol. The molecule has 18 heavy (non-hydrogen) atoms. The van der Waals surface area contributed by atoms with Crippen LogP contribution in [0.25, 0.3) is 0 Å². The van der Waals surface area contributed by atoms with Gasteiger partial charge in [-0.25, -0.2) is 4.39 Å². The summed E-state index contributed by atoms with van der Waals surface area (Å²) >= 11 is 0. The molecule has 0 aliphatic heterocycles. The molecule has 1 N–H and O–H groups in total. The first-order valence-corrected chi connectivity index (χ1v) is 6.30. The predicted octanol–water partition coefficient (Wildman–Crippen LogP) is 3.43. The molecular formula is C16H16FN. The Labute approximate surface area is 107 Å². The molecule has 2 atom stereocenters. The third-order valence-electron chi connectivity index (χ3n) is 3.84. The minimum Gasteiger partial charge on any atom is -0.312 e. The largest absolute Gasteiger partial charge is 0.312 e. The monoisotopic (exact) mass is 241 g/mol. The van der Waals surface area contributed by atoms with Crippen LogP contribution in [0.4, 0.5) is 4.39 Å². The van der Waals surface area contributed by atoms with E-state index in [1.807, 2.05) is 19.2 Å². The molecule has 1 aliphatic rings. The van der Waals surface area contributed by atoms with Crippen LogP contribution >= 0.6 is 0 Å². The molecule has 2 aromatic rings. The van der Waals surface area contributed by atoms with Gasteiger partial charge in [-0.2, -0.15) is 0 Å². The molecule has 0 bridgehead atoms. The summed E-state index contributed by atoms with van der Waals surface area (Å²) in [5, 5.41) is 3.36. The summed E-state index contributed by atoms with van der Waals surface area (Å²) in [5.74, 6) is 0.319. The second kappa shape index (κ2) is 4.54. The van der Waals surface area contributed by atoms with E-state index in [9.17, 15) is 4.39 Å². The van der Waals surface area contributed by atoms with Gasteiger partial charge in [0.1, 0.15) is 5.82 Å². The zero-order valence-electron chi connectivity index (χ0n) is 10.4. The second-order valence-electron chi connectivity index (χ2n) is 4.83. The fraction of sp³-hybridized carbons (Fsp3) is 0.250. The van der Waals surface area contributed by atoms with Crippen LogP contribution in [-0.2, 0) is 6.42 Å². The van der Waals surface area contributed by atoms with Crippen molar-refractivity contribution in [3.63, 3.8) is 0 Å². The maximum absolute atomic E-state index is 13.0. The number of likely N-dealkylation sites (N-methyl/N-ethyl adjacent to an activating group) is 1. The van der Waals surface area contributed by atoms with E-state index in [2.05, 4.69) is 29.6 Å². The van der Waals surface area contributed by atoms with Crippen LogP contribution in [0, 0.1) is 5.82 Å². The van der Waals surface area contributed by atoms with E-state index in [1.54, 1.807) is 0 Å². The van der Waals surface area contributed by atoms with Crippen LogP contribution in [0.15, 0.2) is 48.5 Å². The molecule has 92 valence electrons. The molecule has 0 fully saturated rings. The van der Waals surface area contributed by atoms with Gasteiger partial charge in [0, 0.05) is 12.0 Å². The molecule has 2 heteroatoms. The van der Waals surface area contributed by atoms with Gasteiger partial charge in [0.2, 0.25) is 0 Å². The molecule has 0 aromatic heterocycles. The van der Waals surface area contributed by atoms with E-state index in [4.69, 9.17) is 0 Å². The van der Waals surface area contributed by atoms with E-state index in [0.29, 0.717) is 5.92 Å². The van der Waals surface area contributed by atoms with Crippen molar-refractivity contribution in [1.82, 2.24) is 5.32 Å². The highest BCUT2D eigenvalue weighted by molar-refractivity contribution is 5.43. The number of rotatable bonds is 3. The van der Waals surface area contributed by atoms with Gasteiger partial charge in [0.25, 0.3) is 0 Å². The molecule has 0 spiro atoms. The fourth-order valence-corrected chi connectivity index (χ4v) is 2.87. The van der Waals surface area contributed by atoms with E-state index in [0.717, 1.165) is 12.0 Å². The Bertz CT molecular complexity index is 547. The van der Waals surface area contributed by atoms with Crippen LogP contribution < -0.4 is 5.32 Å². The number of hydrogen-bond donors (Lipinski definition) is 1. The lowest BCUT2D eigenvalue weighted by atomic mass is 9.72. The average molecular weight is 241 g/mol. The third kappa shape index (κ3) is 1.83. The average Bonchev–Trinajstić information content (AvgIpc) is 2.37. The first-order valence-electron chi connectivity index (χ1n) is 6.30. The van der Waals surface area contributed by atoms with Crippen molar-refractivity contribution in [2.24, 2.45) is 0 Å². The molecule has 0 saturated heterocycles. The Hall–Kier alpha value is -1.67. The van der Waals surface area contributed by atoms with E-state index in [-0.39, 0.29) is 11.9 Å². The molecule has 0 heterocycles. The first kappa shape index (κ1) is 11.4. The highest BCUT2D eigenvalue weighted by Gasteiger charge is 2.32. The van der Waals surface area contributed by atoms with Gasteiger partial charge in [-0.05, 0) is 42.3 Å². The molecular weight excluding hydrogens is 225 g/mol. The summed E-state index contributed by atoms with van der Waals surface area (Å²) in [5.41, 5.74) is 4.00. The molecule has 1 aliphatic carbocycles. The topological polar surface area (TPSA) is 12.0 Å². The maximum Gasteiger partial charge on any atom is 0.123 e. The standard InChI is InChI=1S/C16H16FN/c1-18-16(11-6-8-13(17)9-7-11)15-10-12-4-2-3-5-14(12)15/h2-9,15-16,18H,10H2,1H3. The lowest BCUT2D eigenvalue weighted by Crippen LogP contribution is -2.31. The van der Waals surface area contributed by atoms with Crippen molar-refractivity contribution < 1.29 is 4.39 Å². The molecule has 0 saturated carbocycles. The summed E-state index contributed by atoms with van der Waals surface area (Å²) in [7, 11) is 1.97. The molecule has 1 nitrogen and oxygen atoms in total. The molecule has 0 radical (unpaired) electrons. The van der Waals surface area contributed by atoms with Crippen molar-refractivity contribution >= 4 is 0 Å². The van der Waals surface area contributed by atoms with Crippen molar-refractivity contribution in [3.8, 4) is 0 Å². The van der Waals surface area contributed by atoms with Crippen molar-refractivity contribution in [2.75, 3.05) is 7.05 Å². The summed E-state index contributed by atoms with van der Waals surface area (Å²) in [6.07, 6.45) is 1.10. The minimum absolute atomic E-state index is 0.178. The van der Waals surface area contributed by atoms with Crippen LogP contribution in [-0.4, -0.2) is 7.05 Å². The zero-order chi connectivity index (χ0) is 12.5. The summed E-state index contributed by atoms with van der Waals surface area (Å²) in [6, 6.07) is 15.6. The van der Waals surface area contributed by atoms with Gasteiger partial charge in [0.15, 0.2) is 0 Å². The second-order valence-corrected chi connectivity index (χ2v) is 4.83. The third-order valence-corrected chi connectivity index (χ3v) is 3.84. The van der Waals surface area contributed by atoms with Crippen LogP contribution in [0.3, 0.4) is 0 Å². The van der Waals surface area contributed by atoms with Gasteiger partial charge >= 0.3 is 0 Å². The fourth-order valence-electron chi connectivity index (χ4n) is 2.87. The minimum atomic E-state index is -0.178. The van der Waals surface area contributed by atoms with E-state index in [1.165, 1.54) is 23.3 Å². The van der Waals surface area contributed by atoms with E-state index < -0.39 is 0 Å². The van der Waals surface area contributed by atoms with Crippen LogP contribution in [0.1, 0.15) is 28.7 Å². The maximum atomic E-state index is 13.0. The Morgan fingerprint density at radius 1 is 1.11 bits per heavy atom. The molecule has 2 unspecified atom stereocenters. The normalized spacial score (nSPS) is 18.9. The van der Waals surface area contributed by atoms with Crippen molar-refractivity contribution in [3.05, 3.63) is 71.0 Å². The SMILES string of the molecule is CNC(c1ccc(F)cc1)C1Cc2ccccc21. The van der Waals surface area contributed by atoms with Crippen LogP contribution in [0.2, 0.25) is 0 Å². The summed E-state index contributed by atoms with van der Waals surface area (Å²) < 4.78 is 13.0. The summed E-state index contributed by atoms with van der Waals surface area (Å²) in [6.45, 7) is 0. The highest BCUT2D eigenvalue weighted by Crippen LogP contribution is 2.43. The number of fused-ring (bicyclic) bond motifs is 1. The molecule has 2 aromatic carbocycles. The van der Waals surface area contributed by atoms with Crippen LogP contribution in [0.5, 0.6) is 0 Å². The quantitative estimate of drug-likeness (QED) is 0.868. The number of nitrogens with one attached hydrogen (secondary N) is 1. The molecule has 0 amide bonds. The molecule has 3 rings (SSSR count). The van der Waals surface area contributed by atoms with E-state index >= 15 is 0 Å². The Kier molecular flexibility index (Phi) is 2.88. The Balaban J connectivity index is 1.89. The van der Waals surface area contributed by atoms with Gasteiger partial charge in [0.05, 0.1) is 0 Å². The number of halogens is 1.